The average molecular weight is 1050 g/mol. The molecule has 0 amide bonds. The van der Waals surface area contributed by atoms with Crippen molar-refractivity contribution in [3.05, 3.63) is 85.3 Å². The van der Waals surface area contributed by atoms with Crippen molar-refractivity contribution in [2.24, 2.45) is 0 Å². The molecule has 13 atom stereocenters. The summed E-state index contributed by atoms with van der Waals surface area (Å²) in [6.07, 6.45) is 2.89. The van der Waals surface area contributed by atoms with Crippen molar-refractivity contribution >= 4 is 62.6 Å². The van der Waals surface area contributed by atoms with E-state index in [4.69, 9.17) is 9.47 Å². The molecule has 390 valence electrons. The van der Waals surface area contributed by atoms with Crippen LogP contribution in [0.25, 0.3) is 33.1 Å². The number of H-pyrrole nitrogens is 6. The van der Waals surface area contributed by atoms with Gasteiger partial charge in [0.15, 0.2) is 0 Å². The number of aromatic amines is 6. The highest BCUT2D eigenvalue weighted by molar-refractivity contribution is 7.62. The minimum atomic E-state index is -2.44. The molecular formula is C42H63N12O14P3. The lowest BCUT2D eigenvalue weighted by Crippen LogP contribution is -2.38. The number of fused-ring (bicyclic) bond motifs is 3. The predicted molar refractivity (Wildman–Crippen MR) is 266 cm³/mol. The highest BCUT2D eigenvalue weighted by Gasteiger charge is 2.48. The number of hydrogen-bond acceptors (Lipinski definition) is 20. The molecule has 6 aromatic heterocycles. The Balaban J connectivity index is 0.000000168. The SMILES string of the molecule is CC(C)=O.CC[C@@H]1[C@@H](O)[C@@H](O)[C@H](c2c[nH]c3c(=O)[nH]cnc23)N1P.CP(C)(=O)CO[C@@H]1[C@H](O)[C@@H](O)N[C@H]1c1c[nH]c2c(=O)[nH]cnc12.CP(C)(=O)CO[C@H]1[C@@H](O)[C@H](c2c[nH]c3c(=O)[nH]cnc23)N[C@@H]1CO. The van der Waals surface area contributed by atoms with Crippen molar-refractivity contribution in [1.82, 2.24) is 60.2 Å². The summed E-state index contributed by atoms with van der Waals surface area (Å²) >= 11 is 0. The standard InChI is InChI=1S/C14H21N4O5P.C13H19N4O5P.C12H17N4O3P.C3H6O/c1-24(2,22)6-23-13-8(4-19)18-10(12(13)20)7-3-15-11-9(7)16-5-17-14(11)21;1-23(2,21)5-22-11-8(17-13(20)10(11)18)6-3-14-9-7(6)15-4-16-12(9)19;1-2-6-10(17)11(18)9(16(6)20)5-3-13-8-7(5)14-4-15-12(8)19;1-3(2)4/h3,5,8,10,12-13,15,18-20H,4,6H2,1-2H3,(H,16,17,21);3-4,8,10-11,13-14,17-18,20H,5H2,1-2H3,(H,15,16,19);3-4,6,9-11,13,17-18H,2,20H2,1H3,(H,14,15,19);1-2H3/t8-,10+,12+,13-;8-,10-,11-,13+;6-,9+,10-,11+;/m101./s1. The number of aromatic nitrogens is 9. The zero-order valence-corrected chi connectivity index (χ0v) is 42.9. The van der Waals surface area contributed by atoms with Gasteiger partial charge in [-0.3, -0.25) is 24.4 Å². The Bertz CT molecular complexity index is 3050. The summed E-state index contributed by atoms with van der Waals surface area (Å²) in [5.74, 6) is 0.167. The van der Waals surface area contributed by atoms with Crippen molar-refractivity contribution in [3.8, 4) is 0 Å². The van der Waals surface area contributed by atoms with Crippen LogP contribution in [-0.2, 0) is 23.4 Å². The maximum atomic E-state index is 11.9. The molecule has 9 rings (SSSR count). The number of aliphatic hydroxyl groups excluding tert-OH is 6. The molecule has 3 fully saturated rings. The molecule has 71 heavy (non-hydrogen) atoms. The second-order valence-corrected chi connectivity index (χ2v) is 25.9. The number of Topliss-reactive ketones (excluding diaryl/α,β-unsaturated/α-hetero) is 1. The summed E-state index contributed by atoms with van der Waals surface area (Å²) in [5.41, 5.74) is 3.44. The van der Waals surface area contributed by atoms with E-state index in [-0.39, 0.29) is 47.8 Å². The Labute approximate surface area is 407 Å². The van der Waals surface area contributed by atoms with Crippen LogP contribution in [0.15, 0.2) is 52.0 Å². The van der Waals surface area contributed by atoms with Gasteiger partial charge in [-0.1, -0.05) is 16.3 Å². The first-order valence-corrected chi connectivity index (χ1v) is 28.5. The van der Waals surface area contributed by atoms with Crippen LogP contribution in [0.2, 0.25) is 0 Å². The molecule has 0 spiro atoms. The lowest BCUT2D eigenvalue weighted by molar-refractivity contribution is -0.115. The van der Waals surface area contributed by atoms with Gasteiger partial charge in [0.25, 0.3) is 16.7 Å². The van der Waals surface area contributed by atoms with Crippen LogP contribution < -0.4 is 27.3 Å². The molecule has 0 saturated carbocycles. The predicted octanol–water partition coefficient (Wildman–Crippen LogP) is -0.383. The van der Waals surface area contributed by atoms with E-state index in [1.165, 1.54) is 32.8 Å². The lowest BCUT2D eigenvalue weighted by Gasteiger charge is -2.24. The van der Waals surface area contributed by atoms with Crippen molar-refractivity contribution < 1.29 is 54.0 Å². The van der Waals surface area contributed by atoms with Gasteiger partial charge in [-0.15, -0.1) is 0 Å². The smallest absolute Gasteiger partial charge is 0.275 e. The van der Waals surface area contributed by atoms with Gasteiger partial charge < -0.3 is 89.3 Å². The van der Waals surface area contributed by atoms with E-state index in [0.29, 0.717) is 56.2 Å². The number of carbonyl (C=O) groups is 1. The molecule has 6 aromatic rings. The van der Waals surface area contributed by atoms with Gasteiger partial charge >= 0.3 is 0 Å². The number of rotatable bonds is 11. The summed E-state index contributed by atoms with van der Waals surface area (Å²) in [5, 5.41) is 66.5. The van der Waals surface area contributed by atoms with E-state index in [2.05, 4.69) is 64.9 Å². The number of ketones is 1. The zero-order chi connectivity index (χ0) is 52.3. The highest BCUT2D eigenvalue weighted by atomic mass is 31.2. The molecule has 0 aromatic carbocycles. The van der Waals surface area contributed by atoms with Gasteiger partial charge in [0.1, 0.15) is 89.9 Å². The third-order valence-electron chi connectivity index (χ3n) is 11.8. The van der Waals surface area contributed by atoms with Gasteiger partial charge in [0.2, 0.25) is 0 Å². The Morgan fingerprint density at radius 2 is 1.07 bits per heavy atom. The van der Waals surface area contributed by atoms with Crippen molar-refractivity contribution in [2.75, 3.05) is 46.0 Å². The van der Waals surface area contributed by atoms with Crippen LogP contribution in [0.3, 0.4) is 0 Å². The van der Waals surface area contributed by atoms with Crippen LogP contribution >= 0.6 is 23.7 Å². The van der Waals surface area contributed by atoms with E-state index in [0.717, 1.165) is 0 Å². The van der Waals surface area contributed by atoms with Gasteiger partial charge in [-0.05, 0) is 46.9 Å². The normalized spacial score (nSPS) is 27.8. The van der Waals surface area contributed by atoms with Gasteiger partial charge in [0, 0.05) is 41.3 Å². The van der Waals surface area contributed by atoms with Gasteiger partial charge in [-0.2, -0.15) is 0 Å². The first-order chi connectivity index (χ1) is 33.4. The van der Waals surface area contributed by atoms with Crippen molar-refractivity contribution in [1.29, 1.82) is 0 Å². The molecule has 1 unspecified atom stereocenters. The van der Waals surface area contributed by atoms with Crippen LogP contribution in [0.1, 0.15) is 62.0 Å². The molecule has 0 aliphatic carbocycles. The first-order valence-electron chi connectivity index (χ1n) is 22.4. The summed E-state index contributed by atoms with van der Waals surface area (Å²) in [6, 6.07) is -2.23. The third kappa shape index (κ3) is 12.6. The molecule has 3 aliphatic rings. The first kappa shape index (κ1) is 55.7. The van der Waals surface area contributed by atoms with Crippen LogP contribution in [0.5, 0.6) is 0 Å². The maximum absolute atomic E-state index is 11.9. The fourth-order valence-corrected chi connectivity index (χ4v) is 10.4. The molecule has 29 heteroatoms. The third-order valence-corrected chi connectivity index (χ3v) is 14.1. The van der Waals surface area contributed by atoms with Crippen molar-refractivity contribution in [2.45, 2.75) is 100 Å². The minimum Gasteiger partial charge on any atom is -0.395 e. The van der Waals surface area contributed by atoms with E-state index < -0.39 is 81.3 Å². The summed E-state index contributed by atoms with van der Waals surface area (Å²) in [4.78, 5) is 73.2. The van der Waals surface area contributed by atoms with Gasteiger partial charge in [0.05, 0.1) is 68.6 Å². The molecule has 0 bridgehead atoms. The van der Waals surface area contributed by atoms with Crippen molar-refractivity contribution in [3.63, 3.8) is 0 Å². The second-order valence-electron chi connectivity index (χ2n) is 18.5. The molecular weight excluding hydrogens is 989 g/mol. The van der Waals surface area contributed by atoms with E-state index in [1.807, 2.05) is 11.6 Å². The average Bonchev–Trinajstić information content (AvgIpc) is 4.15. The van der Waals surface area contributed by atoms with Crippen LogP contribution in [0.4, 0.5) is 0 Å². The topological polar surface area (TPSA) is 403 Å². The largest absolute Gasteiger partial charge is 0.395 e. The summed E-state index contributed by atoms with van der Waals surface area (Å²) < 4.78 is 36.8. The highest BCUT2D eigenvalue weighted by Crippen LogP contribution is 2.43. The number of carbonyl (C=O) groups excluding carboxylic acids is 1. The Hall–Kier alpha value is -4.62. The van der Waals surface area contributed by atoms with Crippen LogP contribution in [-0.4, -0.2) is 187 Å². The van der Waals surface area contributed by atoms with E-state index >= 15 is 0 Å². The summed E-state index contributed by atoms with van der Waals surface area (Å²) in [7, 11) is -2.30. The zero-order valence-electron chi connectivity index (χ0n) is 39.9. The number of ether oxygens (including phenoxy) is 2. The molecule has 3 saturated heterocycles. The van der Waals surface area contributed by atoms with E-state index in [1.54, 1.807) is 45.2 Å². The lowest BCUT2D eigenvalue weighted by atomic mass is 10.0. The Morgan fingerprint density at radius 3 is 1.49 bits per heavy atom. The Kier molecular flexibility index (Phi) is 18.1. The fraction of sp³-hybridized carbons (Fsp3) is 0.548. The second kappa shape index (κ2) is 23.1. The molecule has 0 radical (unpaired) electrons. The summed E-state index contributed by atoms with van der Waals surface area (Å²) in [6.45, 7) is 11.1. The number of nitrogens with one attached hydrogen (secondary N) is 8. The molecule has 14 N–H and O–H groups in total. The molecule has 3 aliphatic heterocycles. The number of nitrogens with zero attached hydrogens (tertiary/aromatic N) is 4. The maximum Gasteiger partial charge on any atom is 0.275 e. The monoisotopic (exact) mass is 1050 g/mol. The van der Waals surface area contributed by atoms with E-state index in [9.17, 15) is 58.9 Å². The quantitative estimate of drug-likeness (QED) is 0.0735. The Morgan fingerprint density at radius 1 is 0.648 bits per heavy atom. The minimum absolute atomic E-state index is 0.0179. The fourth-order valence-electron chi connectivity index (χ4n) is 8.63. The van der Waals surface area contributed by atoms with Gasteiger partial charge in [-0.25, -0.2) is 15.0 Å². The van der Waals surface area contributed by atoms with Crippen LogP contribution in [0, 0.1) is 0 Å². The number of hydrogen-bond donors (Lipinski definition) is 14. The molecule has 26 nitrogen and oxygen atoms in total. The molecule has 9 heterocycles. The number of aliphatic hydroxyl groups is 6.